The molecule has 2 aromatic carbocycles. The average Bonchev–Trinajstić information content (AvgIpc) is 2.89. The van der Waals surface area contributed by atoms with Crippen LogP contribution in [-0.4, -0.2) is 23.7 Å². The summed E-state index contributed by atoms with van der Waals surface area (Å²) in [5, 5.41) is 9.82. The highest BCUT2D eigenvalue weighted by molar-refractivity contribution is 7.99. The van der Waals surface area contributed by atoms with Crippen LogP contribution in [0, 0.1) is 11.2 Å². The summed E-state index contributed by atoms with van der Waals surface area (Å²) >= 11 is 3.57. The lowest BCUT2D eigenvalue weighted by atomic mass is 9.81. The zero-order chi connectivity index (χ0) is 20.1. The second-order valence-electron chi connectivity index (χ2n) is 7.60. The molecule has 28 heavy (non-hydrogen) atoms. The van der Waals surface area contributed by atoms with Crippen molar-refractivity contribution >= 4 is 34.9 Å². The third kappa shape index (κ3) is 4.52. The van der Waals surface area contributed by atoms with E-state index in [0.29, 0.717) is 0 Å². The van der Waals surface area contributed by atoms with E-state index in [1.54, 1.807) is 23.9 Å². The summed E-state index contributed by atoms with van der Waals surface area (Å²) in [5.41, 5.74) is 3.40. The monoisotopic (exact) mass is 419 g/mol. The van der Waals surface area contributed by atoms with Gasteiger partial charge in [0.05, 0.1) is 12.3 Å². The van der Waals surface area contributed by atoms with Crippen LogP contribution in [0.1, 0.15) is 45.1 Å². The van der Waals surface area contributed by atoms with Crippen molar-refractivity contribution in [1.82, 2.24) is 0 Å². The minimum atomic E-state index is -0.207. The van der Waals surface area contributed by atoms with Crippen molar-refractivity contribution in [1.29, 1.82) is 0 Å². The maximum atomic E-state index is 13.6. The Kier molecular flexibility index (Phi) is 7.35. The molecule has 1 heterocycles. The first kappa shape index (κ1) is 21.5. The lowest BCUT2D eigenvalue weighted by Crippen LogP contribution is -2.36. The topological polar surface area (TPSA) is 23.5 Å². The van der Waals surface area contributed by atoms with Crippen molar-refractivity contribution in [3.8, 4) is 0 Å². The van der Waals surface area contributed by atoms with Gasteiger partial charge in [0.15, 0.2) is 0 Å². The summed E-state index contributed by atoms with van der Waals surface area (Å²) in [6.07, 6.45) is 6.78. The van der Waals surface area contributed by atoms with E-state index in [0.717, 1.165) is 34.9 Å². The van der Waals surface area contributed by atoms with Crippen LogP contribution in [-0.2, 0) is 6.61 Å². The highest BCUT2D eigenvalue weighted by Crippen LogP contribution is 2.48. The summed E-state index contributed by atoms with van der Waals surface area (Å²) in [6, 6.07) is 11.2. The molecule has 1 unspecified atom stereocenters. The van der Waals surface area contributed by atoms with Crippen molar-refractivity contribution in [3.63, 3.8) is 0 Å². The van der Waals surface area contributed by atoms with Gasteiger partial charge in [-0.3, -0.25) is 0 Å². The van der Waals surface area contributed by atoms with Crippen LogP contribution < -0.4 is 4.90 Å². The Hall–Kier alpha value is -1.17. The summed E-state index contributed by atoms with van der Waals surface area (Å²) in [4.78, 5) is 4.68. The molecular formula is C23H30FNOS2. The lowest BCUT2D eigenvalue weighted by Gasteiger charge is -2.37. The normalized spacial score (nSPS) is 19.4. The molecule has 3 rings (SSSR count). The summed E-state index contributed by atoms with van der Waals surface area (Å²) in [7, 11) is 0. The van der Waals surface area contributed by atoms with Gasteiger partial charge < -0.3 is 10.0 Å². The molecule has 0 amide bonds. The highest BCUT2D eigenvalue weighted by Gasteiger charge is 2.35. The van der Waals surface area contributed by atoms with Gasteiger partial charge in [0.1, 0.15) is 5.82 Å². The number of nitrogens with zero attached hydrogens (tertiary/aromatic N) is 1. The van der Waals surface area contributed by atoms with Crippen LogP contribution in [0.15, 0.2) is 46.2 Å². The quantitative estimate of drug-likeness (QED) is 0.495. The van der Waals surface area contributed by atoms with E-state index in [-0.39, 0.29) is 17.8 Å². The molecular weight excluding hydrogens is 389 g/mol. The highest BCUT2D eigenvalue weighted by atomic mass is 32.2. The number of thioether (sulfide) groups is 2. The number of benzene rings is 2. The molecule has 0 radical (unpaired) electrons. The first-order chi connectivity index (χ1) is 13.6. The summed E-state index contributed by atoms with van der Waals surface area (Å²) < 4.78 is 13.6. The Bertz CT molecular complexity index is 796. The van der Waals surface area contributed by atoms with Gasteiger partial charge >= 0.3 is 0 Å². The summed E-state index contributed by atoms with van der Waals surface area (Å²) in [6.45, 7) is 5.52. The fraction of sp³-hybridized carbons (Fsp3) is 0.478. The van der Waals surface area contributed by atoms with Gasteiger partial charge in [-0.15, -0.1) is 23.5 Å². The molecule has 0 saturated carbocycles. The molecule has 1 aliphatic rings. The van der Waals surface area contributed by atoms with E-state index in [4.69, 9.17) is 0 Å². The molecule has 1 N–H and O–H groups in total. The molecule has 0 aliphatic carbocycles. The Morgan fingerprint density at radius 1 is 1.21 bits per heavy atom. The fourth-order valence-corrected chi connectivity index (χ4v) is 5.93. The van der Waals surface area contributed by atoms with Crippen LogP contribution in [0.3, 0.4) is 0 Å². The molecule has 152 valence electrons. The molecule has 0 spiro atoms. The van der Waals surface area contributed by atoms with Crippen molar-refractivity contribution in [2.45, 2.75) is 55.9 Å². The molecule has 1 atom stereocenters. The zero-order valence-electron chi connectivity index (χ0n) is 17.0. The molecule has 0 bridgehead atoms. The Balaban J connectivity index is 2.11. The lowest BCUT2D eigenvalue weighted by molar-refractivity contribution is 0.278. The van der Waals surface area contributed by atoms with Gasteiger partial charge in [-0.05, 0) is 66.5 Å². The van der Waals surface area contributed by atoms with Crippen molar-refractivity contribution in [2.75, 3.05) is 23.5 Å². The third-order valence-corrected chi connectivity index (χ3v) is 8.01. The molecule has 1 aliphatic heterocycles. The zero-order valence-corrected chi connectivity index (χ0v) is 18.6. The van der Waals surface area contributed by atoms with Gasteiger partial charge in [0.2, 0.25) is 0 Å². The fourth-order valence-electron chi connectivity index (χ4n) is 3.87. The third-order valence-electron chi connectivity index (χ3n) is 5.80. The van der Waals surface area contributed by atoms with Crippen LogP contribution in [0.5, 0.6) is 0 Å². The maximum absolute atomic E-state index is 13.6. The van der Waals surface area contributed by atoms with Crippen LogP contribution in [0.4, 0.5) is 15.8 Å². The number of aliphatic hydroxyl groups excluding tert-OH is 1. The Labute approximate surface area is 176 Å². The van der Waals surface area contributed by atoms with Crippen molar-refractivity contribution in [2.24, 2.45) is 5.41 Å². The average molecular weight is 420 g/mol. The van der Waals surface area contributed by atoms with Gasteiger partial charge in [-0.2, -0.15) is 0 Å². The van der Waals surface area contributed by atoms with Crippen LogP contribution in [0.25, 0.3) is 0 Å². The number of fused-ring (bicyclic) bond motifs is 1. The minimum absolute atomic E-state index is 0.0509. The summed E-state index contributed by atoms with van der Waals surface area (Å²) in [5.74, 6) is 0.860. The molecule has 0 fully saturated rings. The van der Waals surface area contributed by atoms with E-state index in [9.17, 15) is 9.50 Å². The largest absolute Gasteiger partial charge is 0.392 e. The number of anilines is 2. The Morgan fingerprint density at radius 3 is 2.57 bits per heavy atom. The van der Waals surface area contributed by atoms with Crippen LogP contribution in [0.2, 0.25) is 0 Å². The second-order valence-corrected chi connectivity index (χ2v) is 9.46. The van der Waals surface area contributed by atoms with E-state index in [2.05, 4.69) is 30.9 Å². The predicted octanol–water partition coefficient (Wildman–Crippen LogP) is 6.87. The smallest absolute Gasteiger partial charge is 0.123 e. The minimum Gasteiger partial charge on any atom is -0.392 e. The first-order valence-electron chi connectivity index (χ1n) is 10.0. The number of unbranched alkanes of at least 4 members (excludes halogenated alkanes) is 1. The number of halogens is 1. The van der Waals surface area contributed by atoms with E-state index in [1.165, 1.54) is 29.8 Å². The molecule has 0 saturated heterocycles. The molecule has 0 aromatic heterocycles. The molecule has 2 nitrogen and oxygen atoms in total. The predicted molar refractivity (Wildman–Crippen MR) is 121 cm³/mol. The number of aliphatic hydroxyl groups is 1. The van der Waals surface area contributed by atoms with E-state index < -0.39 is 0 Å². The number of rotatable bonds is 7. The Morgan fingerprint density at radius 2 is 1.96 bits per heavy atom. The SMILES string of the molecule is CCCCC1(CC)CSc2cc(CO)c(SC)cc2N(c2ccc(F)cc2)C1. The van der Waals surface area contributed by atoms with Crippen molar-refractivity contribution in [3.05, 3.63) is 47.8 Å². The molecule has 2 aromatic rings. The van der Waals surface area contributed by atoms with Crippen LogP contribution >= 0.6 is 23.5 Å². The van der Waals surface area contributed by atoms with Gasteiger partial charge in [0.25, 0.3) is 0 Å². The van der Waals surface area contributed by atoms with Gasteiger partial charge in [-0.25, -0.2) is 4.39 Å². The molecule has 5 heteroatoms. The van der Waals surface area contributed by atoms with Crippen molar-refractivity contribution < 1.29 is 9.50 Å². The standard InChI is InChI=1S/C23H30FNOS2/c1-4-6-11-23(5-2)15-25(19-9-7-18(24)8-10-19)20-13-21(27-3)17(14-26)12-22(20)28-16-23/h7-10,12-13,26H,4-6,11,14-16H2,1-3H3. The van der Waals surface area contributed by atoms with E-state index >= 15 is 0 Å². The number of hydrogen-bond acceptors (Lipinski definition) is 4. The first-order valence-corrected chi connectivity index (χ1v) is 12.2. The van der Waals surface area contributed by atoms with E-state index in [1.807, 2.05) is 30.2 Å². The van der Waals surface area contributed by atoms with Gasteiger partial charge in [0, 0.05) is 27.8 Å². The second kappa shape index (κ2) is 9.55. The number of hydrogen-bond donors (Lipinski definition) is 1. The maximum Gasteiger partial charge on any atom is 0.123 e. The van der Waals surface area contributed by atoms with Gasteiger partial charge in [-0.1, -0.05) is 26.7 Å².